The lowest BCUT2D eigenvalue weighted by molar-refractivity contribution is -0.123. The Morgan fingerprint density at radius 3 is 2.29 bits per heavy atom. The molecule has 1 N–H and O–H groups in total. The first-order chi connectivity index (χ1) is 13.4. The van der Waals surface area contributed by atoms with E-state index in [0.717, 1.165) is 18.8 Å². The van der Waals surface area contributed by atoms with Gasteiger partial charge in [-0.15, -0.1) is 0 Å². The number of hydrogen-bond donors (Lipinski definition) is 1. The number of benzene rings is 2. The number of hydrogen-bond acceptors (Lipinski definition) is 5. The molecule has 2 aromatic rings. The van der Waals surface area contributed by atoms with Crippen LogP contribution in [-0.2, 0) is 14.3 Å². The molecule has 6 nitrogen and oxygen atoms in total. The number of carbonyl (C=O) groups excluding carboxylic acids is 2. The van der Waals surface area contributed by atoms with Gasteiger partial charge in [0.25, 0.3) is 5.91 Å². The van der Waals surface area contributed by atoms with Crippen molar-refractivity contribution in [2.75, 3.05) is 36.5 Å². The second kappa shape index (κ2) is 9.28. The fraction of sp³-hybridized carbons (Fsp3) is 0.300. The van der Waals surface area contributed by atoms with E-state index in [9.17, 15) is 9.59 Å². The van der Waals surface area contributed by atoms with Gasteiger partial charge in [-0.1, -0.05) is 23.2 Å². The minimum absolute atomic E-state index is 0.187. The SMILES string of the molecule is CC(OC(=O)c1cc(Cl)cc(Cl)c1)C(=O)Nc1ccc(N2CCOCC2)cc1. The third-order valence-corrected chi connectivity index (χ3v) is 4.70. The largest absolute Gasteiger partial charge is 0.449 e. The zero-order chi connectivity index (χ0) is 20.1. The van der Waals surface area contributed by atoms with Crippen LogP contribution in [-0.4, -0.2) is 44.3 Å². The highest BCUT2D eigenvalue weighted by atomic mass is 35.5. The summed E-state index contributed by atoms with van der Waals surface area (Å²) in [5, 5.41) is 3.37. The fourth-order valence-corrected chi connectivity index (χ4v) is 3.30. The zero-order valence-electron chi connectivity index (χ0n) is 15.3. The molecule has 0 radical (unpaired) electrons. The van der Waals surface area contributed by atoms with Crippen LogP contribution in [0.5, 0.6) is 0 Å². The van der Waals surface area contributed by atoms with Crippen LogP contribution in [0.4, 0.5) is 11.4 Å². The van der Waals surface area contributed by atoms with E-state index in [-0.39, 0.29) is 5.56 Å². The smallest absolute Gasteiger partial charge is 0.339 e. The second-order valence-corrected chi connectivity index (χ2v) is 7.21. The lowest BCUT2D eigenvalue weighted by atomic mass is 10.2. The standard InChI is InChI=1S/C20H20Cl2N2O4/c1-13(28-20(26)14-10-15(21)12-16(22)11-14)19(25)23-17-2-4-18(5-3-17)24-6-8-27-9-7-24/h2-5,10-13H,6-9H2,1H3,(H,23,25). The molecule has 0 spiro atoms. The minimum atomic E-state index is -0.982. The average Bonchev–Trinajstić information content (AvgIpc) is 2.68. The topological polar surface area (TPSA) is 67.9 Å². The van der Waals surface area contributed by atoms with Gasteiger partial charge >= 0.3 is 5.97 Å². The van der Waals surface area contributed by atoms with E-state index in [1.165, 1.54) is 25.1 Å². The summed E-state index contributed by atoms with van der Waals surface area (Å²) in [6, 6.07) is 11.9. The minimum Gasteiger partial charge on any atom is -0.449 e. The fourth-order valence-electron chi connectivity index (χ4n) is 2.77. The Labute approximate surface area is 173 Å². The number of amides is 1. The summed E-state index contributed by atoms with van der Waals surface area (Å²) in [6.45, 7) is 4.60. The average molecular weight is 423 g/mol. The number of esters is 1. The van der Waals surface area contributed by atoms with Crippen LogP contribution >= 0.6 is 23.2 Å². The maximum absolute atomic E-state index is 12.3. The number of nitrogens with one attached hydrogen (secondary N) is 1. The van der Waals surface area contributed by atoms with Gasteiger partial charge in [0.15, 0.2) is 6.10 Å². The molecule has 1 saturated heterocycles. The van der Waals surface area contributed by atoms with E-state index in [0.29, 0.717) is 28.9 Å². The summed E-state index contributed by atoms with van der Waals surface area (Å²) in [5.74, 6) is -1.10. The molecule has 0 aliphatic carbocycles. The first kappa shape index (κ1) is 20.5. The number of rotatable bonds is 5. The molecule has 1 unspecified atom stereocenters. The van der Waals surface area contributed by atoms with Crippen molar-refractivity contribution < 1.29 is 19.1 Å². The van der Waals surface area contributed by atoms with Crippen molar-refractivity contribution in [3.63, 3.8) is 0 Å². The molecule has 1 amide bonds. The van der Waals surface area contributed by atoms with Crippen LogP contribution in [0.25, 0.3) is 0 Å². The monoisotopic (exact) mass is 422 g/mol. The Kier molecular flexibility index (Phi) is 6.78. The summed E-state index contributed by atoms with van der Waals surface area (Å²) in [4.78, 5) is 26.8. The Morgan fingerprint density at radius 1 is 1.07 bits per heavy atom. The summed E-state index contributed by atoms with van der Waals surface area (Å²) >= 11 is 11.8. The molecule has 1 fully saturated rings. The zero-order valence-corrected chi connectivity index (χ0v) is 16.8. The molecule has 3 rings (SSSR count). The van der Waals surface area contributed by atoms with Crippen molar-refractivity contribution >= 4 is 46.5 Å². The number of nitrogens with zero attached hydrogens (tertiary/aromatic N) is 1. The van der Waals surface area contributed by atoms with E-state index >= 15 is 0 Å². The molecule has 0 bridgehead atoms. The maximum Gasteiger partial charge on any atom is 0.339 e. The van der Waals surface area contributed by atoms with Crippen LogP contribution in [0.2, 0.25) is 10.0 Å². The van der Waals surface area contributed by atoms with Crippen molar-refractivity contribution in [3.8, 4) is 0 Å². The van der Waals surface area contributed by atoms with Gasteiger partial charge < -0.3 is 19.7 Å². The van der Waals surface area contributed by atoms with E-state index in [1.807, 2.05) is 24.3 Å². The predicted molar refractivity (Wildman–Crippen MR) is 109 cm³/mol. The number of carbonyl (C=O) groups is 2. The van der Waals surface area contributed by atoms with Crippen molar-refractivity contribution in [3.05, 3.63) is 58.1 Å². The van der Waals surface area contributed by atoms with Crippen LogP contribution < -0.4 is 10.2 Å². The molecular weight excluding hydrogens is 403 g/mol. The number of morpholine rings is 1. The number of ether oxygens (including phenoxy) is 2. The molecule has 0 aromatic heterocycles. The van der Waals surface area contributed by atoms with Crippen LogP contribution in [0.1, 0.15) is 17.3 Å². The highest BCUT2D eigenvalue weighted by Crippen LogP contribution is 2.21. The summed E-state index contributed by atoms with van der Waals surface area (Å²) < 4.78 is 10.6. The summed E-state index contributed by atoms with van der Waals surface area (Å²) in [6.07, 6.45) is -0.982. The Balaban J connectivity index is 1.56. The van der Waals surface area contributed by atoms with Crippen molar-refractivity contribution in [1.82, 2.24) is 0 Å². The van der Waals surface area contributed by atoms with E-state index < -0.39 is 18.0 Å². The third kappa shape index (κ3) is 5.38. The molecule has 1 atom stereocenters. The van der Waals surface area contributed by atoms with Gasteiger partial charge in [-0.25, -0.2) is 4.79 Å². The van der Waals surface area contributed by atoms with Crippen molar-refractivity contribution in [1.29, 1.82) is 0 Å². The van der Waals surface area contributed by atoms with Gasteiger partial charge in [-0.3, -0.25) is 4.79 Å². The quantitative estimate of drug-likeness (QED) is 0.737. The van der Waals surface area contributed by atoms with Gasteiger partial charge in [-0.2, -0.15) is 0 Å². The predicted octanol–water partition coefficient (Wildman–Crippen LogP) is 4.01. The van der Waals surface area contributed by atoms with Gasteiger partial charge in [0, 0.05) is 34.5 Å². The lowest BCUT2D eigenvalue weighted by Crippen LogP contribution is -2.36. The molecule has 28 heavy (non-hydrogen) atoms. The normalized spacial score (nSPS) is 15.0. The molecule has 1 aliphatic rings. The lowest BCUT2D eigenvalue weighted by Gasteiger charge is -2.28. The van der Waals surface area contributed by atoms with Crippen molar-refractivity contribution in [2.24, 2.45) is 0 Å². The van der Waals surface area contributed by atoms with E-state index in [1.54, 1.807) is 0 Å². The first-order valence-corrected chi connectivity index (χ1v) is 9.58. The van der Waals surface area contributed by atoms with Gasteiger partial charge in [-0.05, 0) is 49.4 Å². The van der Waals surface area contributed by atoms with Crippen LogP contribution in [0.15, 0.2) is 42.5 Å². The molecule has 0 saturated carbocycles. The van der Waals surface area contributed by atoms with E-state index in [2.05, 4.69) is 10.2 Å². The molecule has 148 valence electrons. The summed E-state index contributed by atoms with van der Waals surface area (Å²) in [5.41, 5.74) is 1.88. The number of halogens is 2. The highest BCUT2D eigenvalue weighted by Gasteiger charge is 2.20. The Morgan fingerprint density at radius 2 is 1.68 bits per heavy atom. The van der Waals surface area contributed by atoms with Crippen LogP contribution in [0, 0.1) is 0 Å². The van der Waals surface area contributed by atoms with Gasteiger partial charge in [0.1, 0.15) is 0 Å². The summed E-state index contributed by atoms with van der Waals surface area (Å²) in [7, 11) is 0. The third-order valence-electron chi connectivity index (χ3n) is 4.26. The maximum atomic E-state index is 12.3. The van der Waals surface area contributed by atoms with Crippen LogP contribution in [0.3, 0.4) is 0 Å². The molecular formula is C20H20Cl2N2O4. The first-order valence-electron chi connectivity index (χ1n) is 8.83. The molecule has 1 aliphatic heterocycles. The van der Waals surface area contributed by atoms with Gasteiger partial charge in [0.05, 0.1) is 18.8 Å². The van der Waals surface area contributed by atoms with E-state index in [4.69, 9.17) is 32.7 Å². The molecule has 2 aromatic carbocycles. The Hall–Kier alpha value is -2.28. The highest BCUT2D eigenvalue weighted by molar-refractivity contribution is 6.35. The molecule has 1 heterocycles. The molecule has 8 heteroatoms. The Bertz CT molecular complexity index is 832. The second-order valence-electron chi connectivity index (χ2n) is 6.34. The van der Waals surface area contributed by atoms with Gasteiger partial charge in [0.2, 0.25) is 0 Å². The number of anilines is 2. The van der Waals surface area contributed by atoms with Crippen molar-refractivity contribution in [2.45, 2.75) is 13.0 Å².